The van der Waals surface area contributed by atoms with Gasteiger partial charge in [-0.3, -0.25) is 9.89 Å². The molecular weight excluding hydrogens is 347 g/mol. The van der Waals surface area contributed by atoms with E-state index in [0.29, 0.717) is 12.2 Å². The molecule has 4 rings (SSSR count). The molecule has 0 spiro atoms. The molecule has 1 amide bonds. The summed E-state index contributed by atoms with van der Waals surface area (Å²) in [5.41, 5.74) is 4.95. The minimum Gasteiger partial charge on any atom is -0.344 e. The number of rotatable bonds is 4. The number of aromatic amines is 1. The van der Waals surface area contributed by atoms with Gasteiger partial charge in [0.2, 0.25) is 0 Å². The zero-order chi connectivity index (χ0) is 19.0. The Morgan fingerprint density at radius 1 is 1.33 bits per heavy atom. The average Bonchev–Trinajstić information content (AvgIpc) is 3.26. The van der Waals surface area contributed by atoms with Crippen molar-refractivity contribution in [3.63, 3.8) is 0 Å². The molecule has 3 aromatic rings. The van der Waals surface area contributed by atoms with Crippen molar-refractivity contribution in [2.45, 2.75) is 32.9 Å². The molecule has 1 aliphatic heterocycles. The molecular formula is C19H21FN6O. The van der Waals surface area contributed by atoms with E-state index in [1.54, 1.807) is 23.0 Å². The highest BCUT2D eigenvalue weighted by Gasteiger charge is 2.24. The molecule has 0 fully saturated rings. The predicted molar refractivity (Wildman–Crippen MR) is 98.1 cm³/mol. The molecule has 1 atom stereocenters. The van der Waals surface area contributed by atoms with Crippen LogP contribution >= 0.6 is 0 Å². The Hall–Kier alpha value is -3.00. The van der Waals surface area contributed by atoms with E-state index < -0.39 is 0 Å². The molecule has 0 bridgehead atoms. The molecule has 3 N–H and O–H groups in total. The molecule has 7 nitrogen and oxygen atoms in total. The largest absolute Gasteiger partial charge is 0.344 e. The minimum atomic E-state index is -0.291. The standard InChI is InChI=1S/C19H21FN6O/c1-11(23-19(27)18-16-9-21-8-7-17(16)24-25-18)15-10-22-26(12(15)2)14-5-3-13(20)4-6-14/h3-6,10-11,21H,7-9H2,1-2H3,(H,23,27)(H,24,25). The third-order valence-corrected chi connectivity index (χ3v) is 4.95. The number of benzene rings is 1. The number of halogens is 1. The van der Waals surface area contributed by atoms with Gasteiger partial charge < -0.3 is 10.6 Å². The summed E-state index contributed by atoms with van der Waals surface area (Å²) in [5, 5.41) is 17.8. The van der Waals surface area contributed by atoms with Gasteiger partial charge in [-0.15, -0.1) is 0 Å². The first kappa shape index (κ1) is 17.4. The lowest BCUT2D eigenvalue weighted by Gasteiger charge is -2.16. The summed E-state index contributed by atoms with van der Waals surface area (Å²) in [6.45, 7) is 5.36. The van der Waals surface area contributed by atoms with Gasteiger partial charge in [0.1, 0.15) is 5.82 Å². The summed E-state index contributed by atoms with van der Waals surface area (Å²) >= 11 is 0. The Morgan fingerprint density at radius 3 is 2.89 bits per heavy atom. The Bertz CT molecular complexity index is 975. The number of nitrogens with zero attached hydrogens (tertiary/aromatic N) is 3. The molecule has 0 radical (unpaired) electrons. The Morgan fingerprint density at radius 2 is 2.11 bits per heavy atom. The van der Waals surface area contributed by atoms with E-state index in [1.165, 1.54) is 12.1 Å². The van der Waals surface area contributed by atoms with Crippen molar-refractivity contribution in [3.8, 4) is 5.69 Å². The van der Waals surface area contributed by atoms with Crippen molar-refractivity contribution >= 4 is 5.91 Å². The SMILES string of the molecule is Cc1c(C(C)NC(=O)c2n[nH]c3c2CNCC3)cnn1-c1ccc(F)cc1. The highest BCUT2D eigenvalue weighted by atomic mass is 19.1. The molecule has 1 aliphatic rings. The third-order valence-electron chi connectivity index (χ3n) is 4.95. The fourth-order valence-corrected chi connectivity index (χ4v) is 3.45. The van der Waals surface area contributed by atoms with Crippen LogP contribution < -0.4 is 10.6 Å². The van der Waals surface area contributed by atoms with Gasteiger partial charge in [0.05, 0.1) is 17.9 Å². The molecule has 27 heavy (non-hydrogen) atoms. The number of H-pyrrole nitrogens is 1. The number of nitrogens with one attached hydrogen (secondary N) is 3. The van der Waals surface area contributed by atoms with Gasteiger partial charge in [-0.2, -0.15) is 10.2 Å². The van der Waals surface area contributed by atoms with E-state index in [9.17, 15) is 9.18 Å². The molecule has 0 saturated heterocycles. The second-order valence-corrected chi connectivity index (χ2v) is 6.72. The average molecular weight is 368 g/mol. The Labute approximate surface area is 156 Å². The number of carbonyl (C=O) groups is 1. The van der Waals surface area contributed by atoms with E-state index >= 15 is 0 Å². The van der Waals surface area contributed by atoms with Crippen LogP contribution in [0.2, 0.25) is 0 Å². The van der Waals surface area contributed by atoms with E-state index in [2.05, 4.69) is 25.9 Å². The molecule has 1 aromatic carbocycles. The second kappa shape index (κ2) is 6.96. The normalized spacial score (nSPS) is 14.6. The van der Waals surface area contributed by atoms with Gasteiger partial charge in [0, 0.05) is 42.0 Å². The van der Waals surface area contributed by atoms with Crippen LogP contribution in [0.5, 0.6) is 0 Å². The van der Waals surface area contributed by atoms with Gasteiger partial charge in [0.15, 0.2) is 5.69 Å². The van der Waals surface area contributed by atoms with Gasteiger partial charge in [-0.05, 0) is 38.1 Å². The van der Waals surface area contributed by atoms with Gasteiger partial charge in [0.25, 0.3) is 5.91 Å². The van der Waals surface area contributed by atoms with Crippen molar-refractivity contribution in [1.82, 2.24) is 30.6 Å². The molecule has 8 heteroatoms. The highest BCUT2D eigenvalue weighted by molar-refractivity contribution is 5.94. The van der Waals surface area contributed by atoms with Gasteiger partial charge in [-0.25, -0.2) is 9.07 Å². The zero-order valence-corrected chi connectivity index (χ0v) is 15.2. The maximum Gasteiger partial charge on any atom is 0.272 e. The summed E-state index contributed by atoms with van der Waals surface area (Å²) in [6.07, 6.45) is 2.57. The van der Waals surface area contributed by atoms with Gasteiger partial charge in [-0.1, -0.05) is 0 Å². The van der Waals surface area contributed by atoms with Crippen LogP contribution in [0.4, 0.5) is 4.39 Å². The monoisotopic (exact) mass is 368 g/mol. The van der Waals surface area contributed by atoms with Crippen LogP contribution in [-0.2, 0) is 13.0 Å². The van der Waals surface area contributed by atoms with Gasteiger partial charge >= 0.3 is 0 Å². The number of aromatic nitrogens is 4. The lowest BCUT2D eigenvalue weighted by atomic mass is 10.1. The number of hydrogen-bond acceptors (Lipinski definition) is 4. The first-order valence-corrected chi connectivity index (χ1v) is 8.92. The summed E-state index contributed by atoms with van der Waals surface area (Å²) in [7, 11) is 0. The summed E-state index contributed by atoms with van der Waals surface area (Å²) < 4.78 is 14.9. The molecule has 0 saturated carbocycles. The number of hydrogen-bond donors (Lipinski definition) is 3. The van der Waals surface area contributed by atoms with Crippen LogP contribution in [0.25, 0.3) is 5.69 Å². The number of fused-ring (bicyclic) bond motifs is 1. The van der Waals surface area contributed by atoms with Crippen LogP contribution in [0, 0.1) is 12.7 Å². The predicted octanol–water partition coefficient (Wildman–Crippen LogP) is 2.18. The zero-order valence-electron chi connectivity index (χ0n) is 15.2. The summed E-state index contributed by atoms with van der Waals surface area (Å²) in [4.78, 5) is 12.7. The fourth-order valence-electron chi connectivity index (χ4n) is 3.45. The van der Waals surface area contributed by atoms with Crippen molar-refractivity contribution in [3.05, 3.63) is 64.5 Å². The van der Waals surface area contributed by atoms with Crippen LogP contribution in [0.1, 0.15) is 46.0 Å². The van der Waals surface area contributed by atoms with Crippen molar-refractivity contribution < 1.29 is 9.18 Å². The maximum atomic E-state index is 13.1. The maximum absolute atomic E-state index is 13.1. The first-order chi connectivity index (χ1) is 13.0. The van der Waals surface area contributed by atoms with E-state index in [4.69, 9.17) is 0 Å². The van der Waals surface area contributed by atoms with Crippen molar-refractivity contribution in [2.75, 3.05) is 6.54 Å². The molecule has 2 aromatic heterocycles. The van der Waals surface area contributed by atoms with Crippen LogP contribution in [0.3, 0.4) is 0 Å². The second-order valence-electron chi connectivity index (χ2n) is 6.72. The molecule has 1 unspecified atom stereocenters. The summed E-state index contributed by atoms with van der Waals surface area (Å²) in [6, 6.07) is 5.90. The minimum absolute atomic E-state index is 0.211. The molecule has 0 aliphatic carbocycles. The third kappa shape index (κ3) is 3.23. The Balaban J connectivity index is 1.53. The molecule has 3 heterocycles. The van der Waals surface area contributed by atoms with E-state index in [-0.39, 0.29) is 17.8 Å². The van der Waals surface area contributed by atoms with Crippen LogP contribution in [-0.4, -0.2) is 32.4 Å². The Kier molecular flexibility index (Phi) is 4.49. The smallest absolute Gasteiger partial charge is 0.272 e. The first-order valence-electron chi connectivity index (χ1n) is 8.92. The topological polar surface area (TPSA) is 87.6 Å². The summed E-state index contributed by atoms with van der Waals surface area (Å²) in [5.74, 6) is -0.501. The quantitative estimate of drug-likeness (QED) is 0.659. The number of carbonyl (C=O) groups excluding carboxylic acids is 1. The van der Waals surface area contributed by atoms with Crippen molar-refractivity contribution in [2.24, 2.45) is 0 Å². The highest BCUT2D eigenvalue weighted by Crippen LogP contribution is 2.22. The fraction of sp³-hybridized carbons (Fsp3) is 0.316. The molecule has 140 valence electrons. The van der Waals surface area contributed by atoms with E-state index in [1.807, 2.05) is 13.8 Å². The lowest BCUT2D eigenvalue weighted by molar-refractivity contribution is 0.0933. The van der Waals surface area contributed by atoms with E-state index in [0.717, 1.165) is 41.2 Å². The van der Waals surface area contributed by atoms with Crippen LogP contribution in [0.15, 0.2) is 30.5 Å². The number of amides is 1. The van der Waals surface area contributed by atoms with Crippen molar-refractivity contribution in [1.29, 1.82) is 0 Å². The lowest BCUT2D eigenvalue weighted by Crippen LogP contribution is -2.30.